The first-order chi connectivity index (χ1) is 8.25. The summed E-state index contributed by atoms with van der Waals surface area (Å²) in [5, 5.41) is 0. The van der Waals surface area contributed by atoms with Gasteiger partial charge >= 0.3 is 19.5 Å². The second-order valence-corrected chi connectivity index (χ2v) is 5.80. The number of hydrogen-bond acceptors (Lipinski definition) is 8. The number of hydrogen-bond donors (Lipinski definition) is 0. The Balaban J connectivity index is -0.000000256. The fourth-order valence-corrected chi connectivity index (χ4v) is 0.956. The number of nitrogens with zero attached hydrogens (tertiary/aromatic N) is 2. The van der Waals surface area contributed by atoms with Crippen molar-refractivity contribution in [1.82, 2.24) is 9.80 Å². The second kappa shape index (κ2) is 16.8. The predicted molar refractivity (Wildman–Crippen MR) is 88.9 cm³/mol. The summed E-state index contributed by atoms with van der Waals surface area (Å²) in [5.41, 5.74) is 0. The maximum Gasteiger partial charge on any atom is 2.00 e. The smallest absolute Gasteiger partial charge is 0.512 e. The van der Waals surface area contributed by atoms with Crippen LogP contribution < -0.4 is 0 Å². The van der Waals surface area contributed by atoms with Crippen LogP contribution in [-0.4, -0.2) is 73.1 Å². The molecular formula is C10H20N2O2S4Zn. The molecule has 0 aromatic heterocycles. The molecule has 0 aromatic carbocycles. The molecule has 0 saturated carbocycles. The average Bonchev–Trinajstić information content (AvgIpc) is 2.15. The number of rotatable bonds is 6. The molecule has 0 rings (SSSR count). The normalized spacial score (nSPS) is 9.16. The molecule has 0 aromatic rings. The van der Waals surface area contributed by atoms with Crippen LogP contribution in [0.3, 0.4) is 0 Å². The minimum Gasteiger partial charge on any atom is -0.512 e. The van der Waals surface area contributed by atoms with Crippen molar-refractivity contribution in [2.24, 2.45) is 0 Å². The largest absolute Gasteiger partial charge is 2.00 e. The van der Waals surface area contributed by atoms with Gasteiger partial charge in [-0.25, -0.2) is 0 Å². The predicted octanol–water partition coefficient (Wildman–Crippen LogP) is 0.790. The summed E-state index contributed by atoms with van der Waals surface area (Å²) >= 11 is 18.1. The van der Waals surface area contributed by atoms with E-state index in [1.165, 1.54) is 0 Å². The Labute approximate surface area is 151 Å². The van der Waals surface area contributed by atoms with E-state index in [0.717, 1.165) is 13.1 Å². The van der Waals surface area contributed by atoms with E-state index in [1.54, 1.807) is 0 Å². The molecule has 0 bridgehead atoms. The monoisotopic (exact) mass is 392 g/mol. The van der Waals surface area contributed by atoms with E-state index >= 15 is 0 Å². The van der Waals surface area contributed by atoms with Crippen molar-refractivity contribution in [1.29, 1.82) is 0 Å². The van der Waals surface area contributed by atoms with Crippen molar-refractivity contribution in [3.8, 4) is 0 Å². The van der Waals surface area contributed by atoms with Gasteiger partial charge < -0.3 is 69.0 Å². The molecule has 9 heteroatoms. The Kier molecular flexibility index (Phi) is 21.9. The Morgan fingerprint density at radius 1 is 0.842 bits per heavy atom. The fourth-order valence-electron chi connectivity index (χ4n) is 0.623. The van der Waals surface area contributed by atoms with Crippen LogP contribution in [0.25, 0.3) is 0 Å². The Bertz CT molecular complexity index is 220. The maximum absolute atomic E-state index is 4.86. The van der Waals surface area contributed by atoms with E-state index in [9.17, 15) is 0 Å². The van der Waals surface area contributed by atoms with Crippen LogP contribution in [-0.2, 0) is 54.2 Å². The Hall–Kier alpha value is 0.763. The van der Waals surface area contributed by atoms with Crippen molar-refractivity contribution in [3.05, 3.63) is 0 Å². The summed E-state index contributed by atoms with van der Waals surface area (Å²) < 4.78 is 10.1. The zero-order valence-electron chi connectivity index (χ0n) is 11.9. The van der Waals surface area contributed by atoms with Gasteiger partial charge in [0.2, 0.25) is 0 Å². The van der Waals surface area contributed by atoms with Crippen molar-refractivity contribution in [2.75, 3.05) is 54.5 Å². The van der Waals surface area contributed by atoms with E-state index in [1.807, 2.05) is 38.0 Å². The molecular weight excluding hydrogens is 374 g/mol. The van der Waals surface area contributed by atoms with E-state index in [4.69, 9.17) is 9.47 Å². The van der Waals surface area contributed by atoms with Gasteiger partial charge in [0.25, 0.3) is 0 Å². The standard InChI is InChI=1S/2C5H11NOS2.Zn/c2*1-6(2)3-4-7-5(8)9;/h2*3-4H2,1-2H3,(H,8,9);/q;;+2/p-2. The van der Waals surface area contributed by atoms with Gasteiger partial charge in [-0.3, -0.25) is 0 Å². The fraction of sp³-hybridized carbons (Fsp3) is 0.800. The molecule has 0 saturated heterocycles. The third-order valence-corrected chi connectivity index (χ3v) is 1.99. The van der Waals surface area contributed by atoms with Crippen LogP contribution in [0, 0.1) is 0 Å². The summed E-state index contributed by atoms with van der Waals surface area (Å²) in [6.07, 6.45) is 0. The number of likely N-dealkylation sites (N-methyl/N-ethyl adjacent to an activating group) is 2. The van der Waals surface area contributed by atoms with Crippen LogP contribution >= 0.6 is 24.4 Å². The van der Waals surface area contributed by atoms with Gasteiger partial charge in [0.1, 0.15) is 0 Å². The van der Waals surface area contributed by atoms with Crippen molar-refractivity contribution >= 4 is 58.5 Å². The molecule has 0 radical (unpaired) electrons. The molecule has 0 spiro atoms. The van der Waals surface area contributed by atoms with E-state index < -0.39 is 0 Å². The first-order valence-corrected chi connectivity index (χ1v) is 6.86. The van der Waals surface area contributed by atoms with Crippen LogP contribution in [0.1, 0.15) is 0 Å². The van der Waals surface area contributed by atoms with E-state index in [0.29, 0.717) is 13.2 Å². The van der Waals surface area contributed by atoms with Gasteiger partial charge in [-0.2, -0.15) is 0 Å². The third-order valence-electron chi connectivity index (χ3n) is 1.52. The van der Waals surface area contributed by atoms with E-state index in [-0.39, 0.29) is 28.2 Å². The first kappa shape index (κ1) is 24.8. The topological polar surface area (TPSA) is 24.9 Å². The number of thiocarbonyl (C=S) groups is 2. The van der Waals surface area contributed by atoms with E-state index in [2.05, 4.69) is 49.7 Å². The van der Waals surface area contributed by atoms with Crippen molar-refractivity contribution < 1.29 is 29.0 Å². The third kappa shape index (κ3) is 32.4. The molecule has 0 fully saturated rings. The molecule has 19 heavy (non-hydrogen) atoms. The molecule has 4 nitrogen and oxygen atoms in total. The summed E-state index contributed by atoms with van der Waals surface area (Å²) in [6, 6.07) is 0. The molecule has 0 aliphatic heterocycles. The minimum absolute atomic E-state index is 0. The van der Waals surface area contributed by atoms with Crippen LogP contribution in [0.15, 0.2) is 0 Å². The molecule has 0 unspecified atom stereocenters. The summed E-state index contributed by atoms with van der Waals surface area (Å²) in [7, 11) is 7.87. The second-order valence-electron chi connectivity index (χ2n) is 3.80. The Morgan fingerprint density at radius 3 is 1.26 bits per heavy atom. The number of ether oxygens (including phenoxy) is 2. The van der Waals surface area contributed by atoms with Gasteiger partial charge in [-0.05, 0) is 28.2 Å². The van der Waals surface area contributed by atoms with Crippen LogP contribution in [0.4, 0.5) is 0 Å². The molecule has 0 N–H and O–H groups in total. The van der Waals surface area contributed by atoms with Gasteiger partial charge in [0.15, 0.2) is 0 Å². The van der Waals surface area contributed by atoms with Crippen molar-refractivity contribution in [2.45, 2.75) is 0 Å². The van der Waals surface area contributed by atoms with Crippen LogP contribution in [0.2, 0.25) is 0 Å². The summed E-state index contributed by atoms with van der Waals surface area (Å²) in [5.74, 6) is 0. The Morgan fingerprint density at radius 2 is 1.11 bits per heavy atom. The first-order valence-electron chi connectivity index (χ1n) is 5.22. The summed E-state index contributed by atoms with van der Waals surface area (Å²) in [4.78, 5) is 4.02. The molecule has 0 heterocycles. The molecule has 0 amide bonds. The summed E-state index contributed by atoms with van der Waals surface area (Å²) in [6.45, 7) is 2.90. The minimum atomic E-state index is 0. The SMILES string of the molecule is CN(C)CCOC(=S)[S-].CN(C)CCOC(=S)[S-].[Zn+2]. The van der Waals surface area contributed by atoms with Gasteiger partial charge in [0.05, 0.1) is 13.2 Å². The zero-order chi connectivity index (χ0) is 14.6. The molecule has 0 atom stereocenters. The molecule has 108 valence electrons. The van der Waals surface area contributed by atoms with Gasteiger partial charge in [-0.1, -0.05) is 0 Å². The van der Waals surface area contributed by atoms with Gasteiger partial charge in [0, 0.05) is 21.9 Å². The maximum atomic E-state index is 4.86. The zero-order valence-corrected chi connectivity index (χ0v) is 18.1. The molecule has 0 aliphatic carbocycles. The van der Waals surface area contributed by atoms with Gasteiger partial charge in [-0.15, -0.1) is 0 Å². The molecule has 0 aliphatic rings. The average molecular weight is 394 g/mol. The quantitative estimate of drug-likeness (QED) is 0.371. The van der Waals surface area contributed by atoms with Crippen molar-refractivity contribution in [3.63, 3.8) is 0 Å². The van der Waals surface area contributed by atoms with Crippen LogP contribution in [0.5, 0.6) is 0 Å².